The Bertz CT molecular complexity index is 611. The molecule has 0 bridgehead atoms. The minimum Gasteiger partial charge on any atom is -0.359 e. The minimum absolute atomic E-state index is 0.0750. The largest absolute Gasteiger partial charge is 0.359 e. The lowest BCUT2D eigenvalue weighted by molar-refractivity contribution is -0.126. The Morgan fingerprint density at radius 2 is 2.16 bits per heavy atom. The van der Waals surface area contributed by atoms with Gasteiger partial charge in [-0.25, -0.2) is 4.79 Å². The van der Waals surface area contributed by atoms with Gasteiger partial charge in [-0.15, -0.1) is 0 Å². The molecule has 7 heteroatoms. The second-order valence-electron chi connectivity index (χ2n) is 7.04. The van der Waals surface area contributed by atoms with Crippen LogP contribution in [0.25, 0.3) is 0 Å². The first-order valence-corrected chi connectivity index (χ1v) is 9.41. The Balaban J connectivity index is 1.59. The van der Waals surface area contributed by atoms with E-state index in [0.29, 0.717) is 18.2 Å². The van der Waals surface area contributed by atoms with E-state index >= 15 is 0 Å². The molecule has 1 aromatic heterocycles. The van der Waals surface area contributed by atoms with E-state index in [1.165, 1.54) is 0 Å². The Morgan fingerprint density at radius 1 is 1.40 bits per heavy atom. The van der Waals surface area contributed by atoms with Crippen molar-refractivity contribution in [2.75, 3.05) is 6.54 Å². The number of amides is 3. The van der Waals surface area contributed by atoms with E-state index in [0.717, 1.165) is 44.2 Å². The van der Waals surface area contributed by atoms with Gasteiger partial charge in [0.25, 0.3) is 0 Å². The normalized spacial score (nSPS) is 23.3. The van der Waals surface area contributed by atoms with Gasteiger partial charge in [0.05, 0.1) is 18.3 Å². The number of carbonyl (C=O) groups is 2. The molecular weight excluding hydrogens is 320 g/mol. The van der Waals surface area contributed by atoms with Crippen molar-refractivity contribution in [3.05, 3.63) is 17.5 Å². The van der Waals surface area contributed by atoms with Crippen LogP contribution in [-0.2, 0) is 11.3 Å². The number of carbonyl (C=O) groups excluding carboxylic acids is 2. The van der Waals surface area contributed by atoms with Crippen LogP contribution < -0.4 is 10.6 Å². The summed E-state index contributed by atoms with van der Waals surface area (Å²) in [5, 5.41) is 10.0. The SMILES string of the molecule is CCC(CC)c1cc(CNC(=O)N2CC(=O)NC3CCCCC32)on1. The number of piperazine rings is 1. The van der Waals surface area contributed by atoms with Gasteiger partial charge in [0.1, 0.15) is 6.54 Å². The third-order valence-corrected chi connectivity index (χ3v) is 5.45. The summed E-state index contributed by atoms with van der Waals surface area (Å²) in [5.74, 6) is 0.966. The lowest BCUT2D eigenvalue weighted by Crippen LogP contribution is -2.64. The average Bonchev–Trinajstić information content (AvgIpc) is 3.08. The number of nitrogens with zero attached hydrogens (tertiary/aromatic N) is 2. The van der Waals surface area contributed by atoms with Crippen LogP contribution in [0, 0.1) is 0 Å². The van der Waals surface area contributed by atoms with E-state index in [4.69, 9.17) is 4.52 Å². The van der Waals surface area contributed by atoms with Crippen molar-refractivity contribution in [2.45, 2.75) is 76.9 Å². The van der Waals surface area contributed by atoms with Gasteiger partial charge in [-0.1, -0.05) is 31.8 Å². The molecule has 3 rings (SSSR count). The van der Waals surface area contributed by atoms with Crippen molar-refractivity contribution in [1.82, 2.24) is 20.7 Å². The second-order valence-corrected chi connectivity index (χ2v) is 7.04. The summed E-state index contributed by atoms with van der Waals surface area (Å²) in [4.78, 5) is 26.2. The molecule has 1 saturated heterocycles. The Hall–Kier alpha value is -2.05. The monoisotopic (exact) mass is 348 g/mol. The summed E-state index contributed by atoms with van der Waals surface area (Å²) in [7, 11) is 0. The highest BCUT2D eigenvalue weighted by molar-refractivity contribution is 5.86. The molecular formula is C18H28N4O3. The highest BCUT2D eigenvalue weighted by Crippen LogP contribution is 2.26. The molecule has 2 atom stereocenters. The quantitative estimate of drug-likeness (QED) is 0.856. The van der Waals surface area contributed by atoms with Gasteiger partial charge >= 0.3 is 6.03 Å². The number of aromatic nitrogens is 1. The van der Waals surface area contributed by atoms with E-state index < -0.39 is 0 Å². The summed E-state index contributed by atoms with van der Waals surface area (Å²) in [5.41, 5.74) is 0.943. The van der Waals surface area contributed by atoms with Crippen LogP contribution in [0.4, 0.5) is 4.79 Å². The smallest absolute Gasteiger partial charge is 0.318 e. The fraction of sp³-hybridized carbons (Fsp3) is 0.722. The topological polar surface area (TPSA) is 87.5 Å². The molecule has 7 nitrogen and oxygen atoms in total. The fourth-order valence-electron chi connectivity index (χ4n) is 3.98. The molecule has 2 heterocycles. The summed E-state index contributed by atoms with van der Waals surface area (Å²) in [6, 6.07) is 1.91. The first kappa shape index (κ1) is 17.8. The van der Waals surface area contributed by atoms with Gasteiger partial charge in [0.2, 0.25) is 5.91 Å². The summed E-state index contributed by atoms with van der Waals surface area (Å²) >= 11 is 0. The van der Waals surface area contributed by atoms with E-state index in [1.807, 2.05) is 6.07 Å². The standard InChI is InChI=1S/C18H28N4O3/c1-3-12(4-2)15-9-13(25-21-15)10-19-18(24)22-11-17(23)20-14-7-5-6-8-16(14)22/h9,12,14,16H,3-8,10-11H2,1-2H3,(H,19,24)(H,20,23). The van der Waals surface area contributed by atoms with Gasteiger partial charge in [-0.2, -0.15) is 0 Å². The maximum absolute atomic E-state index is 12.6. The van der Waals surface area contributed by atoms with Crippen molar-refractivity contribution in [3.8, 4) is 0 Å². The van der Waals surface area contributed by atoms with E-state index in [2.05, 4.69) is 29.6 Å². The molecule has 2 fully saturated rings. The Labute approximate surface area is 148 Å². The molecule has 1 aliphatic heterocycles. The minimum atomic E-state index is -0.202. The van der Waals surface area contributed by atoms with E-state index in [-0.39, 0.29) is 30.6 Å². The van der Waals surface area contributed by atoms with Crippen LogP contribution in [0.3, 0.4) is 0 Å². The van der Waals surface area contributed by atoms with E-state index in [1.54, 1.807) is 4.90 Å². The van der Waals surface area contributed by atoms with Gasteiger partial charge in [0, 0.05) is 18.0 Å². The fourth-order valence-corrected chi connectivity index (χ4v) is 3.98. The Morgan fingerprint density at radius 3 is 2.92 bits per heavy atom. The molecule has 1 aliphatic carbocycles. The number of fused-ring (bicyclic) bond motifs is 1. The first-order chi connectivity index (χ1) is 12.1. The van der Waals surface area contributed by atoms with Crippen LogP contribution in [0.5, 0.6) is 0 Å². The predicted octanol–water partition coefficient (Wildman–Crippen LogP) is 2.53. The van der Waals surface area contributed by atoms with Crippen molar-refractivity contribution < 1.29 is 14.1 Å². The van der Waals surface area contributed by atoms with Crippen molar-refractivity contribution >= 4 is 11.9 Å². The number of urea groups is 1. The van der Waals surface area contributed by atoms with Crippen molar-refractivity contribution in [3.63, 3.8) is 0 Å². The highest BCUT2D eigenvalue weighted by Gasteiger charge is 2.38. The lowest BCUT2D eigenvalue weighted by Gasteiger charge is -2.43. The maximum Gasteiger partial charge on any atom is 0.318 e. The van der Waals surface area contributed by atoms with Crippen molar-refractivity contribution in [1.29, 1.82) is 0 Å². The van der Waals surface area contributed by atoms with Crippen LogP contribution in [0.15, 0.2) is 10.6 Å². The molecule has 2 unspecified atom stereocenters. The van der Waals surface area contributed by atoms with Gasteiger partial charge in [-0.3, -0.25) is 4.79 Å². The third-order valence-electron chi connectivity index (χ3n) is 5.45. The van der Waals surface area contributed by atoms with Crippen molar-refractivity contribution in [2.24, 2.45) is 0 Å². The molecule has 2 aliphatic rings. The molecule has 0 aromatic carbocycles. The molecule has 25 heavy (non-hydrogen) atoms. The highest BCUT2D eigenvalue weighted by atomic mass is 16.5. The zero-order chi connectivity index (χ0) is 17.8. The third kappa shape index (κ3) is 3.96. The van der Waals surface area contributed by atoms with Crippen LogP contribution >= 0.6 is 0 Å². The summed E-state index contributed by atoms with van der Waals surface area (Å²) in [6.45, 7) is 4.68. The van der Waals surface area contributed by atoms with Gasteiger partial charge in [-0.05, 0) is 25.7 Å². The maximum atomic E-state index is 12.6. The molecule has 0 radical (unpaired) electrons. The van der Waals surface area contributed by atoms with Crippen LogP contribution in [0.2, 0.25) is 0 Å². The Kier molecular flexibility index (Phi) is 5.60. The average molecular weight is 348 g/mol. The molecule has 2 N–H and O–H groups in total. The van der Waals surface area contributed by atoms with Crippen LogP contribution in [0.1, 0.15) is 69.7 Å². The zero-order valence-corrected chi connectivity index (χ0v) is 15.1. The predicted molar refractivity (Wildman–Crippen MR) is 93.0 cm³/mol. The number of nitrogens with one attached hydrogen (secondary N) is 2. The van der Waals surface area contributed by atoms with Crippen LogP contribution in [-0.4, -0.2) is 40.6 Å². The molecule has 0 spiro atoms. The number of hydrogen-bond donors (Lipinski definition) is 2. The summed E-state index contributed by atoms with van der Waals surface area (Å²) in [6.07, 6.45) is 6.12. The first-order valence-electron chi connectivity index (χ1n) is 9.41. The number of rotatable bonds is 5. The summed E-state index contributed by atoms with van der Waals surface area (Å²) < 4.78 is 5.35. The molecule has 1 saturated carbocycles. The van der Waals surface area contributed by atoms with Gasteiger partial charge < -0.3 is 20.1 Å². The lowest BCUT2D eigenvalue weighted by atomic mass is 9.87. The van der Waals surface area contributed by atoms with E-state index in [9.17, 15) is 9.59 Å². The zero-order valence-electron chi connectivity index (χ0n) is 15.1. The molecule has 3 amide bonds. The molecule has 138 valence electrons. The van der Waals surface area contributed by atoms with Gasteiger partial charge in [0.15, 0.2) is 5.76 Å². The number of hydrogen-bond acceptors (Lipinski definition) is 4. The molecule has 1 aromatic rings. The second kappa shape index (κ2) is 7.89.